The summed E-state index contributed by atoms with van der Waals surface area (Å²) in [6, 6.07) is 11.3. The van der Waals surface area contributed by atoms with Gasteiger partial charge in [0.25, 0.3) is 5.91 Å². The number of nitrogens with zero attached hydrogens (tertiary/aromatic N) is 1. The molecule has 4 rings (SSSR count). The largest absolute Gasteiger partial charge is 0.386 e. The molecule has 0 spiro atoms. The van der Waals surface area contributed by atoms with Crippen molar-refractivity contribution in [3.05, 3.63) is 65.1 Å². The van der Waals surface area contributed by atoms with Crippen LogP contribution in [0.15, 0.2) is 42.5 Å². The predicted molar refractivity (Wildman–Crippen MR) is 150 cm³/mol. The van der Waals surface area contributed by atoms with E-state index < -0.39 is 17.3 Å². The molecule has 1 aliphatic rings. The maximum atomic E-state index is 14.9. The van der Waals surface area contributed by atoms with Gasteiger partial charge in [-0.25, -0.2) is 9.37 Å². The number of rotatable bonds is 11. The van der Waals surface area contributed by atoms with E-state index in [1.165, 1.54) is 42.7 Å². The molecule has 5 N–H and O–H groups in total. The van der Waals surface area contributed by atoms with Gasteiger partial charge in [0.15, 0.2) is 0 Å². The van der Waals surface area contributed by atoms with E-state index in [-0.39, 0.29) is 24.7 Å². The number of aliphatic hydroxyl groups is 1. The first kappa shape index (κ1) is 28.7. The normalized spacial score (nSPS) is 14.3. The fourth-order valence-electron chi connectivity index (χ4n) is 4.59. The fourth-order valence-corrected chi connectivity index (χ4v) is 5.69. The van der Waals surface area contributed by atoms with E-state index in [2.05, 4.69) is 15.6 Å². The molecule has 2 heterocycles. The number of carbonyl (C=O) groups is 2. The highest BCUT2D eigenvalue weighted by molar-refractivity contribution is 7.20. The van der Waals surface area contributed by atoms with Gasteiger partial charge in [-0.05, 0) is 62.4 Å². The molecule has 0 radical (unpaired) electrons. The van der Waals surface area contributed by atoms with E-state index in [9.17, 15) is 19.1 Å². The van der Waals surface area contributed by atoms with Crippen LogP contribution in [0.3, 0.4) is 0 Å². The van der Waals surface area contributed by atoms with E-state index in [1.807, 2.05) is 0 Å². The van der Waals surface area contributed by atoms with Gasteiger partial charge in [0.2, 0.25) is 5.91 Å². The molecule has 1 saturated carbocycles. The number of halogens is 1. The number of aromatic nitrogens is 1. The Morgan fingerprint density at radius 2 is 1.95 bits per heavy atom. The van der Waals surface area contributed by atoms with Crippen LogP contribution in [0.25, 0.3) is 10.4 Å². The Balaban J connectivity index is 1.39. The molecule has 39 heavy (non-hydrogen) atoms. The number of primary amides is 1. The number of amides is 2. The standard InChI is InChI=1S/C29H35FN4O4S/c1-29(2,37)19-11-12-21(23(30)13-19)24-14-22(27(31)36)28(39-24)34-25-10-6-9-20(33-25)16-38-17-26(35)32-15-18-7-4-3-5-8-18/h6,9-14,18,37H,3-5,7-8,15-17H2,1-2H3,(H2,31,36)(H,32,35)(H,33,34). The zero-order valence-corrected chi connectivity index (χ0v) is 23.1. The van der Waals surface area contributed by atoms with Gasteiger partial charge in [-0.3, -0.25) is 9.59 Å². The molecule has 1 fully saturated rings. The molecule has 2 amide bonds. The summed E-state index contributed by atoms with van der Waals surface area (Å²) < 4.78 is 20.5. The molecule has 10 heteroatoms. The van der Waals surface area contributed by atoms with Crippen molar-refractivity contribution in [1.82, 2.24) is 10.3 Å². The summed E-state index contributed by atoms with van der Waals surface area (Å²) in [5.41, 5.74) is 5.96. The summed E-state index contributed by atoms with van der Waals surface area (Å²) >= 11 is 1.17. The number of benzene rings is 1. The lowest BCUT2D eigenvalue weighted by molar-refractivity contribution is -0.126. The van der Waals surface area contributed by atoms with Gasteiger partial charge in [-0.1, -0.05) is 37.5 Å². The molecule has 2 aromatic heterocycles. The minimum Gasteiger partial charge on any atom is -0.386 e. The number of hydrogen-bond acceptors (Lipinski definition) is 7. The number of hydrogen-bond donors (Lipinski definition) is 4. The van der Waals surface area contributed by atoms with E-state index in [0.29, 0.717) is 45.0 Å². The minimum absolute atomic E-state index is 0.0516. The van der Waals surface area contributed by atoms with Crippen molar-refractivity contribution < 1.29 is 23.8 Å². The van der Waals surface area contributed by atoms with Crippen LogP contribution < -0.4 is 16.4 Å². The van der Waals surface area contributed by atoms with Crippen molar-refractivity contribution in [2.75, 3.05) is 18.5 Å². The van der Waals surface area contributed by atoms with Crippen LogP contribution in [-0.4, -0.2) is 35.1 Å². The van der Waals surface area contributed by atoms with E-state index in [1.54, 1.807) is 44.2 Å². The number of nitrogens with two attached hydrogens (primary N) is 1. The molecular formula is C29H35FN4O4S. The number of nitrogens with one attached hydrogen (secondary N) is 2. The van der Waals surface area contributed by atoms with Gasteiger partial charge >= 0.3 is 0 Å². The number of carbonyl (C=O) groups excluding carboxylic acids is 2. The van der Waals surface area contributed by atoms with Crippen LogP contribution in [0.2, 0.25) is 0 Å². The van der Waals surface area contributed by atoms with Gasteiger partial charge < -0.3 is 26.2 Å². The first-order chi connectivity index (χ1) is 18.6. The Morgan fingerprint density at radius 3 is 2.64 bits per heavy atom. The third-order valence-electron chi connectivity index (χ3n) is 6.78. The van der Waals surface area contributed by atoms with Crippen molar-refractivity contribution in [1.29, 1.82) is 0 Å². The van der Waals surface area contributed by atoms with Crippen LogP contribution in [0.1, 0.15) is 67.6 Å². The summed E-state index contributed by atoms with van der Waals surface area (Å²) in [5.74, 6) is -0.314. The first-order valence-corrected chi connectivity index (χ1v) is 14.0. The molecular weight excluding hydrogens is 519 g/mol. The molecule has 0 saturated heterocycles. The van der Waals surface area contributed by atoms with Gasteiger partial charge in [0.05, 0.1) is 23.5 Å². The lowest BCUT2D eigenvalue weighted by Crippen LogP contribution is -2.32. The summed E-state index contributed by atoms with van der Waals surface area (Å²) in [6.45, 7) is 3.95. The monoisotopic (exact) mass is 554 g/mol. The average Bonchev–Trinajstić information content (AvgIpc) is 3.31. The van der Waals surface area contributed by atoms with Gasteiger partial charge in [0.1, 0.15) is 23.2 Å². The molecule has 3 aromatic rings. The van der Waals surface area contributed by atoms with Crippen molar-refractivity contribution in [2.45, 2.75) is 58.2 Å². The molecule has 8 nitrogen and oxygen atoms in total. The highest BCUT2D eigenvalue weighted by Crippen LogP contribution is 2.38. The highest BCUT2D eigenvalue weighted by atomic mass is 32.1. The molecule has 0 unspecified atom stereocenters. The predicted octanol–water partition coefficient (Wildman–Crippen LogP) is 5.23. The number of pyridine rings is 1. The van der Waals surface area contributed by atoms with Crippen LogP contribution >= 0.6 is 11.3 Å². The second kappa shape index (κ2) is 12.7. The Labute approximate surface area is 231 Å². The molecule has 0 bridgehead atoms. The summed E-state index contributed by atoms with van der Waals surface area (Å²) in [4.78, 5) is 29.3. The Bertz CT molecular complexity index is 1310. The van der Waals surface area contributed by atoms with Crippen LogP contribution in [-0.2, 0) is 21.7 Å². The van der Waals surface area contributed by atoms with Crippen molar-refractivity contribution in [3.8, 4) is 10.4 Å². The van der Waals surface area contributed by atoms with Gasteiger partial charge in [-0.15, -0.1) is 11.3 Å². The number of anilines is 2. The topological polar surface area (TPSA) is 127 Å². The zero-order chi connectivity index (χ0) is 28.0. The summed E-state index contributed by atoms with van der Waals surface area (Å²) in [7, 11) is 0. The Hall–Kier alpha value is -3.34. The van der Waals surface area contributed by atoms with Crippen molar-refractivity contribution in [3.63, 3.8) is 0 Å². The maximum Gasteiger partial charge on any atom is 0.251 e. The summed E-state index contributed by atoms with van der Waals surface area (Å²) in [5, 5.41) is 16.6. The lowest BCUT2D eigenvalue weighted by atomic mass is 9.89. The third kappa shape index (κ3) is 7.84. The van der Waals surface area contributed by atoms with E-state index >= 15 is 0 Å². The van der Waals surface area contributed by atoms with E-state index in [4.69, 9.17) is 10.5 Å². The molecule has 1 aromatic carbocycles. The Morgan fingerprint density at radius 1 is 1.18 bits per heavy atom. The van der Waals surface area contributed by atoms with Crippen LogP contribution in [0.4, 0.5) is 15.2 Å². The minimum atomic E-state index is -1.18. The van der Waals surface area contributed by atoms with Crippen molar-refractivity contribution in [2.24, 2.45) is 11.7 Å². The maximum absolute atomic E-state index is 14.9. The fraction of sp³-hybridized carbons (Fsp3) is 0.414. The third-order valence-corrected chi connectivity index (χ3v) is 7.87. The molecule has 0 aliphatic heterocycles. The van der Waals surface area contributed by atoms with Crippen LogP contribution in [0.5, 0.6) is 0 Å². The van der Waals surface area contributed by atoms with Gasteiger partial charge in [-0.2, -0.15) is 0 Å². The van der Waals surface area contributed by atoms with E-state index in [0.717, 1.165) is 12.8 Å². The first-order valence-electron chi connectivity index (χ1n) is 13.1. The second-order valence-corrected chi connectivity index (χ2v) is 11.5. The van der Waals surface area contributed by atoms with Crippen molar-refractivity contribution >= 4 is 34.0 Å². The molecule has 0 atom stereocenters. The highest BCUT2D eigenvalue weighted by Gasteiger charge is 2.21. The smallest absolute Gasteiger partial charge is 0.251 e. The summed E-state index contributed by atoms with van der Waals surface area (Å²) in [6.07, 6.45) is 6.07. The molecule has 208 valence electrons. The number of ether oxygens (including phenoxy) is 1. The second-order valence-electron chi connectivity index (χ2n) is 10.4. The lowest BCUT2D eigenvalue weighted by Gasteiger charge is -2.21. The Kier molecular flexibility index (Phi) is 9.32. The SMILES string of the molecule is CC(C)(O)c1ccc(-c2cc(C(N)=O)c(Nc3cccc(COCC(=O)NCC4CCCCC4)n3)s2)c(F)c1. The average molecular weight is 555 g/mol. The molecule has 1 aliphatic carbocycles. The zero-order valence-electron chi connectivity index (χ0n) is 22.3. The van der Waals surface area contributed by atoms with Gasteiger partial charge in [0, 0.05) is 17.0 Å². The van der Waals surface area contributed by atoms with Crippen LogP contribution in [0, 0.1) is 11.7 Å². The number of thiophene rings is 1. The quantitative estimate of drug-likeness (QED) is 0.257.